The van der Waals surface area contributed by atoms with Gasteiger partial charge in [-0.15, -0.1) is 0 Å². The highest BCUT2D eigenvalue weighted by Crippen LogP contribution is 2.64. The summed E-state index contributed by atoms with van der Waals surface area (Å²) in [7, 11) is -1.55. The van der Waals surface area contributed by atoms with Gasteiger partial charge in [0.05, 0.1) is 19.1 Å². The van der Waals surface area contributed by atoms with Gasteiger partial charge in [0.15, 0.2) is 0 Å². The van der Waals surface area contributed by atoms with Gasteiger partial charge in [0, 0.05) is 24.9 Å². The van der Waals surface area contributed by atoms with E-state index in [0.29, 0.717) is 0 Å². The molecule has 4 atom stereocenters. The zero-order valence-electron chi connectivity index (χ0n) is 22.1. The predicted molar refractivity (Wildman–Crippen MR) is 146 cm³/mol. The molecule has 5 rings (SSSR count). The Morgan fingerprint density at radius 2 is 1.36 bits per heavy atom. The Labute approximate surface area is 229 Å². The van der Waals surface area contributed by atoms with Gasteiger partial charge in [-0.1, -0.05) is 90.5 Å². The van der Waals surface area contributed by atoms with Crippen LogP contribution in [0.1, 0.15) is 28.5 Å². The van der Waals surface area contributed by atoms with E-state index in [1.54, 1.807) is 30.3 Å². The number of rotatable bonds is 6. The summed E-state index contributed by atoms with van der Waals surface area (Å²) >= 11 is 0. The Balaban J connectivity index is 1.79. The third kappa shape index (κ3) is 4.10. The summed E-state index contributed by atoms with van der Waals surface area (Å²) < 4.78 is 39.9. The smallest absolute Gasteiger partial charge is 0.318 e. The van der Waals surface area contributed by atoms with E-state index in [9.17, 15) is 18.0 Å². The maximum Gasteiger partial charge on any atom is 0.318 e. The van der Waals surface area contributed by atoms with Crippen molar-refractivity contribution < 1.29 is 27.5 Å². The molecule has 0 unspecified atom stereocenters. The number of benzene rings is 3. The molecule has 0 bridgehead atoms. The average Bonchev–Trinajstić information content (AvgIpc) is 3.35. The zero-order chi connectivity index (χ0) is 27.8. The van der Waals surface area contributed by atoms with Crippen LogP contribution < -0.4 is 0 Å². The van der Waals surface area contributed by atoms with Gasteiger partial charge in [-0.3, -0.25) is 9.59 Å². The first-order valence-electron chi connectivity index (χ1n) is 12.7. The van der Waals surface area contributed by atoms with E-state index in [1.165, 1.54) is 18.5 Å². The van der Waals surface area contributed by atoms with E-state index in [2.05, 4.69) is 0 Å². The second-order valence-electron chi connectivity index (χ2n) is 10.2. The largest absolute Gasteiger partial charge is 0.468 e. The number of carbonyl (C=O) groups excluding carboxylic acids is 2. The highest BCUT2D eigenvalue weighted by Gasteiger charge is 2.73. The molecule has 0 aromatic heterocycles. The summed E-state index contributed by atoms with van der Waals surface area (Å²) in [5.41, 5.74) is -0.575. The van der Waals surface area contributed by atoms with E-state index in [4.69, 9.17) is 9.47 Å². The Kier molecular flexibility index (Phi) is 6.95. The molecule has 1 fully saturated rings. The molecule has 0 amide bonds. The third-order valence-electron chi connectivity index (χ3n) is 8.23. The lowest BCUT2D eigenvalue weighted by Gasteiger charge is -2.49. The van der Waals surface area contributed by atoms with Crippen LogP contribution in [-0.2, 0) is 29.1 Å². The predicted octanol–water partition coefficient (Wildman–Crippen LogP) is 4.46. The minimum Gasteiger partial charge on any atom is -0.468 e. The molecule has 2 aliphatic rings. The first-order valence-corrected chi connectivity index (χ1v) is 14.2. The average molecular weight is 546 g/mol. The number of esters is 2. The molecule has 3 aromatic rings. The van der Waals surface area contributed by atoms with Crippen molar-refractivity contribution in [3.63, 3.8) is 0 Å². The summed E-state index contributed by atoms with van der Waals surface area (Å²) in [4.78, 5) is 28.0. The fraction of sp³-hybridized carbons (Fsp3) is 0.290. The van der Waals surface area contributed by atoms with E-state index in [0.717, 1.165) is 16.7 Å². The van der Waals surface area contributed by atoms with Crippen LogP contribution in [0.25, 0.3) is 0 Å². The van der Waals surface area contributed by atoms with Gasteiger partial charge in [0.1, 0.15) is 10.8 Å². The van der Waals surface area contributed by atoms with Crippen molar-refractivity contribution in [3.8, 4) is 0 Å². The summed E-state index contributed by atoms with van der Waals surface area (Å²) in [6.07, 6.45) is 3.59. The minimum atomic E-state index is -4.08. The molecule has 1 aliphatic heterocycles. The van der Waals surface area contributed by atoms with Crippen LogP contribution in [0.3, 0.4) is 0 Å². The Morgan fingerprint density at radius 3 is 1.92 bits per heavy atom. The van der Waals surface area contributed by atoms with E-state index < -0.39 is 38.7 Å². The molecule has 0 saturated carbocycles. The van der Waals surface area contributed by atoms with E-state index in [1.807, 2.05) is 73.7 Å². The fourth-order valence-electron chi connectivity index (χ4n) is 6.37. The Hall–Kier alpha value is -3.75. The van der Waals surface area contributed by atoms with Gasteiger partial charge in [-0.2, -0.15) is 4.31 Å². The van der Waals surface area contributed by atoms with Gasteiger partial charge >= 0.3 is 11.9 Å². The maximum absolute atomic E-state index is 14.1. The summed E-state index contributed by atoms with van der Waals surface area (Å²) in [5, 5.41) is 0. The van der Waals surface area contributed by atoms with Crippen molar-refractivity contribution in [1.82, 2.24) is 4.31 Å². The molecule has 0 spiro atoms. The number of nitrogens with zero attached hydrogens (tertiary/aromatic N) is 1. The number of hydrogen-bond acceptors (Lipinski definition) is 6. The molecule has 1 aliphatic carbocycles. The lowest BCUT2D eigenvalue weighted by atomic mass is 9.50. The molecule has 3 aromatic carbocycles. The van der Waals surface area contributed by atoms with Crippen molar-refractivity contribution in [3.05, 3.63) is 114 Å². The number of hydrogen-bond donors (Lipinski definition) is 0. The molecular formula is C31H31NO6S. The quantitative estimate of drug-likeness (QED) is 0.336. The standard InChI is InChI=1S/C31H31NO6S/c1-22-14-16-25(17-15-22)39(35,36)32-20-30(28(33)37-2)19-18-26(23-10-6-4-7-11-23)27(24-12-8-5-9-13-24)31(30,21-32)29(34)38-3/h4-19,26-27H,20-21H2,1-3H3/t26-,27-,30-,31-/m1/s1. The van der Waals surface area contributed by atoms with Gasteiger partial charge < -0.3 is 9.47 Å². The van der Waals surface area contributed by atoms with Gasteiger partial charge in [0.2, 0.25) is 10.0 Å². The Bertz CT molecular complexity index is 1500. The topological polar surface area (TPSA) is 90.0 Å². The summed E-state index contributed by atoms with van der Waals surface area (Å²) in [6.45, 7) is 1.36. The molecule has 1 heterocycles. The molecule has 8 heteroatoms. The number of carbonyl (C=O) groups is 2. The molecule has 0 N–H and O–H groups in total. The van der Waals surface area contributed by atoms with Crippen molar-refractivity contribution in [1.29, 1.82) is 0 Å². The lowest BCUT2D eigenvalue weighted by molar-refractivity contribution is -0.172. The second kappa shape index (κ2) is 10.1. The highest BCUT2D eigenvalue weighted by atomic mass is 32.2. The van der Waals surface area contributed by atoms with Gasteiger partial charge in [-0.05, 0) is 30.2 Å². The normalized spacial score (nSPS) is 26.5. The first kappa shape index (κ1) is 26.8. The zero-order valence-corrected chi connectivity index (χ0v) is 22.9. The number of sulfonamides is 1. The van der Waals surface area contributed by atoms with Crippen LogP contribution in [-0.4, -0.2) is 52.0 Å². The second-order valence-corrected chi connectivity index (χ2v) is 12.1. The SMILES string of the molecule is COC(=O)[C@]12CN(S(=O)(=O)c3ccc(C)cc3)C[C@@]1(C(=O)OC)C=C[C@H](c1ccccc1)[C@H]2c1ccccc1. The monoisotopic (exact) mass is 545 g/mol. The molecule has 1 saturated heterocycles. The fourth-order valence-corrected chi connectivity index (χ4v) is 7.90. The number of methoxy groups -OCH3 is 2. The number of ether oxygens (including phenoxy) is 2. The minimum absolute atomic E-state index is 0.0895. The molecule has 202 valence electrons. The molecule has 0 radical (unpaired) electrons. The van der Waals surface area contributed by atoms with Crippen LogP contribution in [0.5, 0.6) is 0 Å². The van der Waals surface area contributed by atoms with Crippen LogP contribution in [0.15, 0.2) is 102 Å². The first-order chi connectivity index (χ1) is 18.7. The van der Waals surface area contributed by atoms with Crippen molar-refractivity contribution in [2.24, 2.45) is 10.8 Å². The number of aryl methyl sites for hydroxylation is 1. The number of fused-ring (bicyclic) bond motifs is 1. The third-order valence-corrected chi connectivity index (χ3v) is 10.0. The van der Waals surface area contributed by atoms with Crippen molar-refractivity contribution in [2.75, 3.05) is 27.3 Å². The molecule has 39 heavy (non-hydrogen) atoms. The van der Waals surface area contributed by atoms with Crippen molar-refractivity contribution >= 4 is 22.0 Å². The van der Waals surface area contributed by atoms with E-state index >= 15 is 0 Å². The lowest BCUT2D eigenvalue weighted by Crippen LogP contribution is -2.57. The summed E-state index contributed by atoms with van der Waals surface area (Å²) in [6, 6.07) is 25.6. The molecular weight excluding hydrogens is 514 g/mol. The van der Waals surface area contributed by atoms with Gasteiger partial charge in [-0.25, -0.2) is 8.42 Å². The van der Waals surface area contributed by atoms with Crippen LogP contribution in [0.2, 0.25) is 0 Å². The maximum atomic E-state index is 14.1. The van der Waals surface area contributed by atoms with Gasteiger partial charge in [0.25, 0.3) is 0 Å². The van der Waals surface area contributed by atoms with Crippen LogP contribution in [0, 0.1) is 17.8 Å². The van der Waals surface area contributed by atoms with Crippen LogP contribution in [0.4, 0.5) is 0 Å². The molecule has 7 nitrogen and oxygen atoms in total. The summed E-state index contributed by atoms with van der Waals surface area (Å²) in [5.74, 6) is -2.31. The van der Waals surface area contributed by atoms with Crippen LogP contribution >= 0.6 is 0 Å². The van der Waals surface area contributed by atoms with Crippen molar-refractivity contribution in [2.45, 2.75) is 23.7 Å². The number of allylic oxidation sites excluding steroid dienone is 1. The highest BCUT2D eigenvalue weighted by molar-refractivity contribution is 7.89. The Morgan fingerprint density at radius 1 is 0.795 bits per heavy atom. The van der Waals surface area contributed by atoms with E-state index in [-0.39, 0.29) is 23.9 Å².